The number of carboxylic acids is 1. The first-order valence-electron chi connectivity index (χ1n) is 6.98. The monoisotopic (exact) mass is 287 g/mol. The van der Waals surface area contributed by atoms with Crippen LogP contribution >= 0.6 is 0 Å². The summed E-state index contributed by atoms with van der Waals surface area (Å²) in [6.45, 7) is 0. The minimum atomic E-state index is -1.04. The van der Waals surface area contributed by atoms with Crippen molar-refractivity contribution in [3.05, 3.63) is 36.0 Å². The molecule has 1 aliphatic rings. The Balaban J connectivity index is 1.72. The molecule has 1 fully saturated rings. The minimum absolute atomic E-state index is 0.201. The lowest BCUT2D eigenvalue weighted by Gasteiger charge is -2.14. The number of benzene rings is 1. The summed E-state index contributed by atoms with van der Waals surface area (Å²) in [5.74, 6) is -1.04. The second kappa shape index (κ2) is 5.47. The third-order valence-corrected chi connectivity index (χ3v) is 3.61. The maximum atomic E-state index is 11.7. The molecule has 0 aliphatic heterocycles. The average Bonchev–Trinajstić information content (AvgIpc) is 3.17. The minimum Gasteiger partial charge on any atom is -0.480 e. The number of para-hydroxylation sites is 1. The second-order valence-corrected chi connectivity index (χ2v) is 5.35. The van der Waals surface area contributed by atoms with Gasteiger partial charge in [-0.05, 0) is 24.5 Å². The number of urea groups is 1. The number of carboxylic acid groups (broad SMARTS) is 1. The number of hydrogen-bond donors (Lipinski definition) is 4. The van der Waals surface area contributed by atoms with E-state index < -0.39 is 18.0 Å². The van der Waals surface area contributed by atoms with Crippen molar-refractivity contribution in [3.8, 4) is 0 Å². The van der Waals surface area contributed by atoms with Gasteiger partial charge in [-0.2, -0.15) is 0 Å². The van der Waals surface area contributed by atoms with Crippen LogP contribution in [0.2, 0.25) is 0 Å². The molecule has 1 heterocycles. The van der Waals surface area contributed by atoms with Gasteiger partial charge in [0, 0.05) is 29.6 Å². The number of H-pyrrole nitrogens is 1. The van der Waals surface area contributed by atoms with E-state index in [9.17, 15) is 14.7 Å². The zero-order valence-electron chi connectivity index (χ0n) is 11.4. The van der Waals surface area contributed by atoms with Gasteiger partial charge in [0.05, 0.1) is 0 Å². The second-order valence-electron chi connectivity index (χ2n) is 5.35. The molecule has 21 heavy (non-hydrogen) atoms. The van der Waals surface area contributed by atoms with Crippen LogP contribution in [0, 0.1) is 0 Å². The van der Waals surface area contributed by atoms with E-state index in [2.05, 4.69) is 15.6 Å². The summed E-state index contributed by atoms with van der Waals surface area (Å²) in [4.78, 5) is 26.2. The van der Waals surface area contributed by atoms with Crippen LogP contribution in [0.4, 0.5) is 4.79 Å². The van der Waals surface area contributed by atoms with Crippen LogP contribution in [-0.2, 0) is 11.2 Å². The lowest BCUT2D eigenvalue weighted by atomic mass is 10.1. The number of aliphatic carboxylic acids is 1. The van der Waals surface area contributed by atoms with Gasteiger partial charge in [-0.15, -0.1) is 0 Å². The van der Waals surface area contributed by atoms with Crippen molar-refractivity contribution in [2.24, 2.45) is 0 Å². The van der Waals surface area contributed by atoms with Gasteiger partial charge in [-0.1, -0.05) is 18.2 Å². The van der Waals surface area contributed by atoms with Gasteiger partial charge >= 0.3 is 12.0 Å². The van der Waals surface area contributed by atoms with E-state index in [1.165, 1.54) is 0 Å². The van der Waals surface area contributed by atoms with Crippen molar-refractivity contribution in [1.82, 2.24) is 15.6 Å². The summed E-state index contributed by atoms with van der Waals surface area (Å²) >= 11 is 0. The van der Waals surface area contributed by atoms with Crippen molar-refractivity contribution in [1.29, 1.82) is 0 Å². The molecule has 1 saturated carbocycles. The maximum Gasteiger partial charge on any atom is 0.326 e. The molecule has 0 bridgehead atoms. The fourth-order valence-corrected chi connectivity index (χ4v) is 2.33. The quantitative estimate of drug-likeness (QED) is 0.673. The van der Waals surface area contributed by atoms with Gasteiger partial charge in [-0.25, -0.2) is 9.59 Å². The maximum absolute atomic E-state index is 11.7. The van der Waals surface area contributed by atoms with Crippen LogP contribution in [0.1, 0.15) is 18.4 Å². The molecule has 6 nitrogen and oxygen atoms in total. The highest BCUT2D eigenvalue weighted by Gasteiger charge is 2.26. The van der Waals surface area contributed by atoms with E-state index in [4.69, 9.17) is 0 Å². The molecule has 4 N–H and O–H groups in total. The number of aromatic nitrogens is 1. The van der Waals surface area contributed by atoms with Crippen LogP contribution in [0.3, 0.4) is 0 Å². The Bertz CT molecular complexity index is 676. The standard InChI is InChI=1S/C15H17N3O3/c19-14(20)13(18-15(21)17-10-5-6-10)7-9-8-16-12-4-2-1-3-11(9)12/h1-4,8,10,13,16H,5-7H2,(H,19,20)(H2,17,18,21)/t13-/m1/s1. The van der Waals surface area contributed by atoms with Crippen LogP contribution in [0.25, 0.3) is 10.9 Å². The number of amides is 2. The molecule has 1 aromatic carbocycles. The van der Waals surface area contributed by atoms with E-state index >= 15 is 0 Å². The summed E-state index contributed by atoms with van der Waals surface area (Å²) < 4.78 is 0. The number of rotatable bonds is 5. The van der Waals surface area contributed by atoms with Crippen LogP contribution < -0.4 is 10.6 Å². The highest BCUT2D eigenvalue weighted by Crippen LogP contribution is 2.20. The summed E-state index contributed by atoms with van der Waals surface area (Å²) in [7, 11) is 0. The van der Waals surface area contributed by atoms with Gasteiger partial charge in [0.25, 0.3) is 0 Å². The van der Waals surface area contributed by atoms with Crippen LogP contribution in [0.5, 0.6) is 0 Å². The predicted molar refractivity (Wildman–Crippen MR) is 78.1 cm³/mol. The highest BCUT2D eigenvalue weighted by atomic mass is 16.4. The first-order valence-corrected chi connectivity index (χ1v) is 6.98. The molecule has 0 spiro atoms. The third-order valence-electron chi connectivity index (χ3n) is 3.61. The fourth-order valence-electron chi connectivity index (χ4n) is 2.33. The molecule has 1 aliphatic carbocycles. The molecule has 0 saturated heterocycles. The van der Waals surface area contributed by atoms with E-state index in [-0.39, 0.29) is 12.5 Å². The lowest BCUT2D eigenvalue weighted by molar-refractivity contribution is -0.139. The summed E-state index contributed by atoms with van der Waals surface area (Å²) in [6, 6.07) is 6.54. The van der Waals surface area contributed by atoms with Crippen molar-refractivity contribution in [3.63, 3.8) is 0 Å². The van der Waals surface area contributed by atoms with Gasteiger partial charge < -0.3 is 20.7 Å². The number of nitrogens with one attached hydrogen (secondary N) is 3. The number of aromatic amines is 1. The molecule has 110 valence electrons. The van der Waals surface area contributed by atoms with Gasteiger partial charge in [0.15, 0.2) is 0 Å². The van der Waals surface area contributed by atoms with Crippen LogP contribution in [-0.4, -0.2) is 34.2 Å². The molecule has 0 unspecified atom stereocenters. The van der Waals surface area contributed by atoms with Gasteiger partial charge in [0.2, 0.25) is 0 Å². The normalized spacial score (nSPS) is 15.6. The Morgan fingerprint density at radius 3 is 2.81 bits per heavy atom. The van der Waals surface area contributed by atoms with E-state index in [0.29, 0.717) is 0 Å². The van der Waals surface area contributed by atoms with E-state index in [1.807, 2.05) is 24.3 Å². The first-order chi connectivity index (χ1) is 10.1. The molecule has 1 atom stereocenters. The zero-order chi connectivity index (χ0) is 14.8. The molecule has 1 aromatic heterocycles. The Labute approximate surface area is 121 Å². The van der Waals surface area contributed by atoms with Gasteiger partial charge in [-0.3, -0.25) is 0 Å². The topological polar surface area (TPSA) is 94.2 Å². The molecule has 2 aromatic rings. The SMILES string of the molecule is O=C(NC1CC1)N[C@H](Cc1c[nH]c2ccccc12)C(=O)O. The molecule has 0 radical (unpaired) electrons. The Hall–Kier alpha value is -2.50. The van der Waals surface area contributed by atoms with Crippen molar-refractivity contribution in [2.75, 3.05) is 0 Å². The number of fused-ring (bicyclic) bond motifs is 1. The van der Waals surface area contributed by atoms with Crippen molar-refractivity contribution >= 4 is 22.9 Å². The van der Waals surface area contributed by atoms with Crippen molar-refractivity contribution < 1.29 is 14.7 Å². The number of carbonyl (C=O) groups excluding carboxylic acids is 1. The van der Waals surface area contributed by atoms with Crippen molar-refractivity contribution in [2.45, 2.75) is 31.3 Å². The zero-order valence-corrected chi connectivity index (χ0v) is 11.4. The summed E-state index contributed by atoms with van der Waals surface area (Å²) in [5.41, 5.74) is 1.84. The molecular weight excluding hydrogens is 270 g/mol. The average molecular weight is 287 g/mol. The summed E-state index contributed by atoms with van der Waals surface area (Å²) in [6.07, 6.45) is 3.97. The largest absolute Gasteiger partial charge is 0.480 e. The highest BCUT2D eigenvalue weighted by molar-refractivity contribution is 5.86. The predicted octanol–water partition coefficient (Wildman–Crippen LogP) is 1.63. The Kier molecular flexibility index (Phi) is 3.51. The molecule has 3 rings (SSSR count). The van der Waals surface area contributed by atoms with Crippen LogP contribution in [0.15, 0.2) is 30.5 Å². The third kappa shape index (κ3) is 3.16. The fraction of sp³-hybridized carbons (Fsp3) is 0.333. The number of hydrogen-bond acceptors (Lipinski definition) is 2. The molecule has 6 heteroatoms. The molecule has 2 amide bonds. The summed E-state index contributed by atoms with van der Waals surface area (Å²) in [5, 5.41) is 15.5. The first kappa shape index (κ1) is 13.5. The Morgan fingerprint density at radius 2 is 2.10 bits per heavy atom. The number of carbonyl (C=O) groups is 2. The van der Waals surface area contributed by atoms with E-state index in [0.717, 1.165) is 29.3 Å². The molecular formula is C15H17N3O3. The smallest absolute Gasteiger partial charge is 0.326 e. The lowest BCUT2D eigenvalue weighted by Crippen LogP contribution is -2.47. The van der Waals surface area contributed by atoms with Gasteiger partial charge in [0.1, 0.15) is 6.04 Å². The Morgan fingerprint density at radius 1 is 1.33 bits per heavy atom. The van der Waals surface area contributed by atoms with E-state index in [1.54, 1.807) is 6.20 Å².